The second-order valence-corrected chi connectivity index (χ2v) is 4.03. The van der Waals surface area contributed by atoms with Crippen LogP contribution in [0.3, 0.4) is 0 Å². The maximum absolute atomic E-state index is 11.4. The molecule has 5 heteroatoms. The monoisotopic (exact) mass is 213 g/mol. The van der Waals surface area contributed by atoms with Crippen LogP contribution < -0.4 is 10.6 Å². The van der Waals surface area contributed by atoms with Crippen LogP contribution in [0.15, 0.2) is 5.51 Å². The van der Waals surface area contributed by atoms with Crippen molar-refractivity contribution in [2.75, 3.05) is 7.05 Å². The molecule has 1 rings (SSSR count). The first kappa shape index (κ1) is 11.1. The smallest absolute Gasteiger partial charge is 0.237 e. The number of amides is 1. The summed E-state index contributed by atoms with van der Waals surface area (Å²) in [5, 5.41) is 5.73. The molecule has 78 valence electrons. The van der Waals surface area contributed by atoms with Crippen molar-refractivity contribution in [1.29, 1.82) is 0 Å². The zero-order chi connectivity index (χ0) is 10.6. The fourth-order valence-corrected chi connectivity index (χ4v) is 1.66. The first-order valence-corrected chi connectivity index (χ1v) is 5.37. The molecule has 2 N–H and O–H groups in total. The van der Waals surface area contributed by atoms with Gasteiger partial charge < -0.3 is 10.6 Å². The van der Waals surface area contributed by atoms with E-state index in [1.165, 1.54) is 0 Å². The number of nitrogens with zero attached hydrogens (tertiary/aromatic N) is 1. The van der Waals surface area contributed by atoms with Crippen LogP contribution in [0, 0.1) is 6.92 Å². The van der Waals surface area contributed by atoms with Gasteiger partial charge in [0.15, 0.2) is 0 Å². The highest BCUT2D eigenvalue weighted by Crippen LogP contribution is 2.10. The number of rotatable bonds is 4. The van der Waals surface area contributed by atoms with Crippen LogP contribution >= 0.6 is 11.3 Å². The van der Waals surface area contributed by atoms with E-state index in [4.69, 9.17) is 0 Å². The molecule has 0 aliphatic heterocycles. The SMILES string of the molecule is CNC(C)C(=O)NCc1scnc1C. The molecule has 1 amide bonds. The Hall–Kier alpha value is -0.940. The van der Waals surface area contributed by atoms with Gasteiger partial charge in [-0.2, -0.15) is 0 Å². The van der Waals surface area contributed by atoms with E-state index in [1.54, 1.807) is 23.9 Å². The lowest BCUT2D eigenvalue weighted by atomic mass is 10.3. The first-order valence-electron chi connectivity index (χ1n) is 4.49. The van der Waals surface area contributed by atoms with Gasteiger partial charge in [0, 0.05) is 4.88 Å². The number of hydrogen-bond donors (Lipinski definition) is 2. The summed E-state index contributed by atoms with van der Waals surface area (Å²) in [6.45, 7) is 4.34. The number of nitrogens with one attached hydrogen (secondary N) is 2. The van der Waals surface area contributed by atoms with Crippen molar-refractivity contribution < 1.29 is 4.79 Å². The van der Waals surface area contributed by atoms with E-state index in [0.717, 1.165) is 10.6 Å². The Morgan fingerprint density at radius 3 is 2.93 bits per heavy atom. The minimum Gasteiger partial charge on any atom is -0.350 e. The molecule has 1 aromatic heterocycles. The lowest BCUT2D eigenvalue weighted by Crippen LogP contribution is -2.39. The summed E-state index contributed by atoms with van der Waals surface area (Å²) < 4.78 is 0. The van der Waals surface area contributed by atoms with Crippen LogP contribution in [0.4, 0.5) is 0 Å². The number of likely N-dealkylation sites (N-methyl/N-ethyl adjacent to an activating group) is 1. The van der Waals surface area contributed by atoms with Gasteiger partial charge in [0.05, 0.1) is 23.8 Å². The number of thiazole rings is 1. The molecule has 14 heavy (non-hydrogen) atoms. The van der Waals surface area contributed by atoms with Crippen LogP contribution in [-0.2, 0) is 11.3 Å². The molecule has 0 fully saturated rings. The highest BCUT2D eigenvalue weighted by molar-refractivity contribution is 7.09. The normalized spacial score (nSPS) is 12.5. The minimum atomic E-state index is -0.150. The van der Waals surface area contributed by atoms with Crippen molar-refractivity contribution in [1.82, 2.24) is 15.6 Å². The van der Waals surface area contributed by atoms with E-state index < -0.39 is 0 Å². The Labute approximate surface area is 87.7 Å². The first-order chi connectivity index (χ1) is 6.65. The Morgan fingerprint density at radius 2 is 2.43 bits per heavy atom. The van der Waals surface area contributed by atoms with Gasteiger partial charge in [-0.25, -0.2) is 4.98 Å². The van der Waals surface area contributed by atoms with Crippen molar-refractivity contribution in [3.05, 3.63) is 16.1 Å². The number of aryl methyl sites for hydroxylation is 1. The van der Waals surface area contributed by atoms with Gasteiger partial charge >= 0.3 is 0 Å². The molecule has 1 aromatic rings. The molecule has 1 heterocycles. The highest BCUT2D eigenvalue weighted by atomic mass is 32.1. The maximum Gasteiger partial charge on any atom is 0.237 e. The third kappa shape index (κ3) is 2.78. The fraction of sp³-hybridized carbons (Fsp3) is 0.556. The number of hydrogen-bond acceptors (Lipinski definition) is 4. The molecule has 0 spiro atoms. The highest BCUT2D eigenvalue weighted by Gasteiger charge is 2.10. The molecule has 1 atom stereocenters. The molecular weight excluding hydrogens is 198 g/mol. The summed E-state index contributed by atoms with van der Waals surface area (Å²) in [5.74, 6) is 0.0142. The third-order valence-corrected chi connectivity index (χ3v) is 3.03. The van der Waals surface area contributed by atoms with Gasteiger partial charge in [-0.15, -0.1) is 11.3 Å². The van der Waals surface area contributed by atoms with Gasteiger partial charge in [0.1, 0.15) is 0 Å². The zero-order valence-electron chi connectivity index (χ0n) is 8.63. The van der Waals surface area contributed by atoms with Gasteiger partial charge in [0.25, 0.3) is 0 Å². The third-order valence-electron chi connectivity index (χ3n) is 2.09. The molecule has 0 aromatic carbocycles. The summed E-state index contributed by atoms with van der Waals surface area (Å²) in [6, 6.07) is -0.150. The molecule has 0 aliphatic rings. The molecule has 0 saturated carbocycles. The van der Waals surface area contributed by atoms with Crippen molar-refractivity contribution in [2.24, 2.45) is 0 Å². The molecule has 0 aliphatic carbocycles. The summed E-state index contributed by atoms with van der Waals surface area (Å²) in [6.07, 6.45) is 0. The zero-order valence-corrected chi connectivity index (χ0v) is 9.44. The van der Waals surface area contributed by atoms with Gasteiger partial charge in [0.2, 0.25) is 5.91 Å². The molecule has 0 saturated heterocycles. The molecule has 4 nitrogen and oxygen atoms in total. The Morgan fingerprint density at radius 1 is 1.71 bits per heavy atom. The Bertz CT molecular complexity index is 311. The molecular formula is C9H15N3OS. The van der Waals surface area contributed by atoms with E-state index in [9.17, 15) is 4.79 Å². The van der Waals surface area contributed by atoms with Crippen molar-refractivity contribution in [3.8, 4) is 0 Å². The van der Waals surface area contributed by atoms with Crippen LogP contribution in [0.25, 0.3) is 0 Å². The topological polar surface area (TPSA) is 54.0 Å². The predicted molar refractivity (Wildman–Crippen MR) is 57.2 cm³/mol. The fourth-order valence-electron chi connectivity index (χ4n) is 0.947. The standard InChI is InChI=1S/C9H15N3OS/c1-6-8(14-5-12-6)4-11-9(13)7(2)10-3/h5,7,10H,4H2,1-3H3,(H,11,13). The van der Waals surface area contributed by atoms with Crippen LogP contribution in [0.5, 0.6) is 0 Å². The Balaban J connectivity index is 2.41. The van der Waals surface area contributed by atoms with Crippen molar-refractivity contribution in [2.45, 2.75) is 26.4 Å². The van der Waals surface area contributed by atoms with Crippen LogP contribution in [0.2, 0.25) is 0 Å². The quantitative estimate of drug-likeness (QED) is 0.773. The summed E-state index contributed by atoms with van der Waals surface area (Å²) >= 11 is 1.56. The second kappa shape index (κ2) is 5.07. The number of carbonyl (C=O) groups is 1. The predicted octanol–water partition coefficient (Wildman–Crippen LogP) is 0.676. The van der Waals surface area contributed by atoms with E-state index >= 15 is 0 Å². The van der Waals surface area contributed by atoms with E-state index in [1.807, 2.05) is 13.8 Å². The summed E-state index contributed by atoms with van der Waals surface area (Å²) in [7, 11) is 1.77. The largest absolute Gasteiger partial charge is 0.350 e. The van der Waals surface area contributed by atoms with E-state index in [0.29, 0.717) is 6.54 Å². The average Bonchev–Trinajstić information content (AvgIpc) is 2.59. The van der Waals surface area contributed by atoms with Gasteiger partial charge in [-0.05, 0) is 20.9 Å². The van der Waals surface area contributed by atoms with E-state index in [-0.39, 0.29) is 11.9 Å². The van der Waals surface area contributed by atoms with Crippen LogP contribution in [-0.4, -0.2) is 24.0 Å². The van der Waals surface area contributed by atoms with Crippen molar-refractivity contribution in [3.63, 3.8) is 0 Å². The maximum atomic E-state index is 11.4. The second-order valence-electron chi connectivity index (χ2n) is 3.09. The van der Waals surface area contributed by atoms with Gasteiger partial charge in [-0.1, -0.05) is 0 Å². The lowest BCUT2D eigenvalue weighted by Gasteiger charge is -2.10. The number of carbonyl (C=O) groups excluding carboxylic acids is 1. The Kier molecular flexibility index (Phi) is 4.03. The van der Waals surface area contributed by atoms with Crippen LogP contribution in [0.1, 0.15) is 17.5 Å². The summed E-state index contributed by atoms with van der Waals surface area (Å²) in [5.41, 5.74) is 2.78. The lowest BCUT2D eigenvalue weighted by molar-refractivity contribution is -0.122. The molecule has 1 unspecified atom stereocenters. The average molecular weight is 213 g/mol. The van der Waals surface area contributed by atoms with Crippen molar-refractivity contribution >= 4 is 17.2 Å². The van der Waals surface area contributed by atoms with Gasteiger partial charge in [-0.3, -0.25) is 4.79 Å². The minimum absolute atomic E-state index is 0.0142. The summed E-state index contributed by atoms with van der Waals surface area (Å²) in [4.78, 5) is 16.6. The molecule has 0 bridgehead atoms. The van der Waals surface area contributed by atoms with E-state index in [2.05, 4.69) is 15.6 Å². The number of aromatic nitrogens is 1. The molecule has 0 radical (unpaired) electrons.